The van der Waals surface area contributed by atoms with Gasteiger partial charge in [-0.25, -0.2) is 0 Å². The van der Waals surface area contributed by atoms with Crippen LogP contribution in [0.25, 0.3) is 0 Å². The Bertz CT molecular complexity index is 278. The highest BCUT2D eigenvalue weighted by Crippen LogP contribution is 2.16. The van der Waals surface area contributed by atoms with Gasteiger partial charge in [-0.1, -0.05) is 23.7 Å². The van der Waals surface area contributed by atoms with Gasteiger partial charge in [0.2, 0.25) is 0 Å². The van der Waals surface area contributed by atoms with Gasteiger partial charge in [-0.15, -0.1) is 0 Å². The van der Waals surface area contributed by atoms with Crippen LogP contribution in [0.4, 0.5) is 0 Å². The lowest BCUT2D eigenvalue weighted by atomic mass is 10.1. The molecule has 0 bridgehead atoms. The number of aliphatic hydroxyl groups excluding tert-OH is 1. The minimum Gasteiger partial charge on any atom is -0.396 e. The molecule has 0 aliphatic rings. The van der Waals surface area contributed by atoms with Gasteiger partial charge in [-0.05, 0) is 37.6 Å². The van der Waals surface area contributed by atoms with Crippen molar-refractivity contribution < 1.29 is 5.11 Å². The van der Waals surface area contributed by atoms with E-state index in [4.69, 9.17) is 16.7 Å². The van der Waals surface area contributed by atoms with Crippen LogP contribution in [-0.2, 0) is 0 Å². The Balaban J connectivity index is 2.47. The van der Waals surface area contributed by atoms with E-state index in [0.29, 0.717) is 0 Å². The largest absolute Gasteiger partial charge is 0.396 e. The lowest BCUT2D eigenvalue weighted by Gasteiger charge is -2.13. The van der Waals surface area contributed by atoms with Crippen LogP contribution < -0.4 is 5.32 Å². The molecule has 2 N–H and O–H groups in total. The van der Waals surface area contributed by atoms with Crippen molar-refractivity contribution in [2.45, 2.75) is 19.4 Å². The van der Waals surface area contributed by atoms with E-state index in [1.165, 1.54) is 5.56 Å². The molecule has 0 aliphatic carbocycles. The molecule has 0 aromatic heterocycles. The fourth-order valence-electron chi connectivity index (χ4n) is 1.29. The molecule has 0 amide bonds. The van der Waals surface area contributed by atoms with Crippen LogP contribution in [0, 0.1) is 0 Å². The first-order chi connectivity index (χ1) is 6.74. The van der Waals surface area contributed by atoms with E-state index in [1.54, 1.807) is 0 Å². The summed E-state index contributed by atoms with van der Waals surface area (Å²) in [6, 6.07) is 8.09. The standard InChI is InChI=1S/C11H16ClNO/c1-9(13-6-3-7-14)10-4-2-5-11(12)8-10/h2,4-5,8-9,13-14H,3,6-7H2,1H3. The smallest absolute Gasteiger partial charge is 0.0443 e. The highest BCUT2D eigenvalue weighted by molar-refractivity contribution is 6.30. The summed E-state index contributed by atoms with van der Waals surface area (Å²) in [5, 5.41) is 12.7. The SMILES string of the molecule is CC(NCCCO)c1cccc(Cl)c1. The lowest BCUT2D eigenvalue weighted by Crippen LogP contribution is -2.20. The second kappa shape index (κ2) is 6.02. The van der Waals surface area contributed by atoms with Crippen LogP contribution in [0.5, 0.6) is 0 Å². The Labute approximate surface area is 89.9 Å². The van der Waals surface area contributed by atoms with E-state index in [9.17, 15) is 0 Å². The van der Waals surface area contributed by atoms with Crippen LogP contribution in [0.15, 0.2) is 24.3 Å². The maximum Gasteiger partial charge on any atom is 0.0443 e. The summed E-state index contributed by atoms with van der Waals surface area (Å²) < 4.78 is 0. The number of hydrogen-bond donors (Lipinski definition) is 2. The monoisotopic (exact) mass is 213 g/mol. The molecule has 1 unspecified atom stereocenters. The molecule has 2 nitrogen and oxygen atoms in total. The maximum absolute atomic E-state index is 8.63. The molecule has 0 fully saturated rings. The van der Waals surface area contributed by atoms with Crippen LogP contribution in [0.2, 0.25) is 5.02 Å². The van der Waals surface area contributed by atoms with Crippen molar-refractivity contribution in [1.29, 1.82) is 0 Å². The number of halogens is 1. The average Bonchev–Trinajstić information content (AvgIpc) is 2.18. The first-order valence-electron chi connectivity index (χ1n) is 4.83. The fourth-order valence-corrected chi connectivity index (χ4v) is 1.49. The molecule has 1 aromatic rings. The van der Waals surface area contributed by atoms with Crippen LogP contribution in [0.1, 0.15) is 24.9 Å². The summed E-state index contributed by atoms with van der Waals surface area (Å²) >= 11 is 5.88. The zero-order valence-corrected chi connectivity index (χ0v) is 9.09. The molecule has 0 aliphatic heterocycles. The van der Waals surface area contributed by atoms with Crippen molar-refractivity contribution in [3.63, 3.8) is 0 Å². The molecular formula is C11H16ClNO. The molecule has 0 heterocycles. The number of hydrogen-bond acceptors (Lipinski definition) is 2. The molecular weight excluding hydrogens is 198 g/mol. The van der Waals surface area contributed by atoms with Crippen LogP contribution >= 0.6 is 11.6 Å². The summed E-state index contributed by atoms with van der Waals surface area (Å²) in [6.07, 6.45) is 0.783. The average molecular weight is 214 g/mol. The number of aliphatic hydroxyl groups is 1. The van der Waals surface area contributed by atoms with E-state index in [-0.39, 0.29) is 12.6 Å². The number of rotatable bonds is 5. The van der Waals surface area contributed by atoms with Gasteiger partial charge in [0.1, 0.15) is 0 Å². The molecule has 0 saturated heterocycles. The third kappa shape index (κ3) is 3.66. The van der Waals surface area contributed by atoms with Gasteiger partial charge in [0.15, 0.2) is 0 Å². The van der Waals surface area contributed by atoms with Crippen LogP contribution in [-0.4, -0.2) is 18.3 Å². The highest BCUT2D eigenvalue weighted by atomic mass is 35.5. The van der Waals surface area contributed by atoms with Gasteiger partial charge < -0.3 is 10.4 Å². The third-order valence-electron chi connectivity index (χ3n) is 2.13. The Kier molecular flexibility index (Phi) is 4.94. The Hall–Kier alpha value is -0.570. The van der Waals surface area contributed by atoms with Crippen LogP contribution in [0.3, 0.4) is 0 Å². The fraction of sp³-hybridized carbons (Fsp3) is 0.455. The molecule has 0 saturated carbocycles. The van der Waals surface area contributed by atoms with E-state index < -0.39 is 0 Å². The van der Waals surface area contributed by atoms with E-state index >= 15 is 0 Å². The lowest BCUT2D eigenvalue weighted by molar-refractivity contribution is 0.284. The number of nitrogens with one attached hydrogen (secondary N) is 1. The molecule has 1 aromatic carbocycles. The molecule has 78 valence electrons. The molecule has 1 atom stereocenters. The van der Waals surface area contributed by atoms with Gasteiger partial charge >= 0.3 is 0 Å². The van der Waals surface area contributed by atoms with E-state index in [0.717, 1.165) is 18.0 Å². The van der Waals surface area contributed by atoms with Crippen molar-refractivity contribution in [3.05, 3.63) is 34.9 Å². The zero-order valence-electron chi connectivity index (χ0n) is 8.33. The minimum absolute atomic E-state index is 0.231. The van der Waals surface area contributed by atoms with Crippen molar-refractivity contribution in [2.75, 3.05) is 13.2 Å². The summed E-state index contributed by atoms with van der Waals surface area (Å²) in [5.41, 5.74) is 1.18. The molecule has 14 heavy (non-hydrogen) atoms. The first-order valence-corrected chi connectivity index (χ1v) is 5.21. The Morgan fingerprint density at radius 3 is 2.93 bits per heavy atom. The van der Waals surface area contributed by atoms with Gasteiger partial charge in [0, 0.05) is 17.7 Å². The summed E-state index contributed by atoms with van der Waals surface area (Å²) in [4.78, 5) is 0. The topological polar surface area (TPSA) is 32.3 Å². The zero-order chi connectivity index (χ0) is 10.4. The van der Waals surface area contributed by atoms with Crippen molar-refractivity contribution >= 4 is 11.6 Å². The third-order valence-corrected chi connectivity index (χ3v) is 2.37. The molecule has 1 rings (SSSR count). The second-order valence-electron chi connectivity index (χ2n) is 3.31. The van der Waals surface area contributed by atoms with Gasteiger partial charge in [0.05, 0.1) is 0 Å². The van der Waals surface area contributed by atoms with Gasteiger partial charge in [-0.3, -0.25) is 0 Å². The highest BCUT2D eigenvalue weighted by Gasteiger charge is 2.03. The Morgan fingerprint density at radius 2 is 2.29 bits per heavy atom. The van der Waals surface area contributed by atoms with Gasteiger partial charge in [-0.2, -0.15) is 0 Å². The molecule has 0 spiro atoms. The van der Waals surface area contributed by atoms with E-state index in [2.05, 4.69) is 12.2 Å². The van der Waals surface area contributed by atoms with Crippen molar-refractivity contribution in [2.24, 2.45) is 0 Å². The second-order valence-corrected chi connectivity index (χ2v) is 3.74. The minimum atomic E-state index is 0.231. The van der Waals surface area contributed by atoms with Crippen molar-refractivity contribution in [1.82, 2.24) is 5.32 Å². The first kappa shape index (κ1) is 11.5. The Morgan fingerprint density at radius 1 is 1.50 bits per heavy atom. The molecule has 0 radical (unpaired) electrons. The van der Waals surface area contributed by atoms with Crippen molar-refractivity contribution in [3.8, 4) is 0 Å². The predicted octanol–water partition coefficient (Wildman–Crippen LogP) is 2.37. The predicted molar refractivity (Wildman–Crippen MR) is 59.6 cm³/mol. The number of benzene rings is 1. The summed E-state index contributed by atoms with van der Waals surface area (Å²) in [5.74, 6) is 0. The summed E-state index contributed by atoms with van der Waals surface area (Å²) in [6.45, 7) is 3.14. The molecule has 3 heteroatoms. The quantitative estimate of drug-likeness (QED) is 0.737. The normalized spacial score (nSPS) is 12.8. The van der Waals surface area contributed by atoms with E-state index in [1.807, 2.05) is 24.3 Å². The maximum atomic E-state index is 8.63. The van der Waals surface area contributed by atoms with Gasteiger partial charge in [0.25, 0.3) is 0 Å². The summed E-state index contributed by atoms with van der Waals surface area (Å²) in [7, 11) is 0.